The van der Waals surface area contributed by atoms with E-state index < -0.39 is 6.16 Å². The van der Waals surface area contributed by atoms with Crippen LogP contribution in [-0.2, 0) is 0 Å². The zero-order valence-corrected chi connectivity index (χ0v) is 7.99. The van der Waals surface area contributed by atoms with Gasteiger partial charge in [0.1, 0.15) is 0 Å². The Morgan fingerprint density at radius 3 is 1.40 bits per heavy atom. The number of carboxylic acid groups (broad SMARTS) is 2. The molecule has 0 heterocycles. The van der Waals surface area contributed by atoms with Crippen molar-refractivity contribution >= 4 is 43.9 Å². The van der Waals surface area contributed by atoms with Gasteiger partial charge in [-0.1, -0.05) is 0 Å². The third kappa shape index (κ3) is 232. The van der Waals surface area contributed by atoms with Gasteiger partial charge in [0.25, 0.3) is 0 Å². The Morgan fingerprint density at radius 2 is 1.40 bits per heavy atom. The van der Waals surface area contributed by atoms with E-state index in [0.29, 0.717) is 13.1 Å². The van der Waals surface area contributed by atoms with E-state index in [1.54, 1.807) is 0 Å². The van der Waals surface area contributed by atoms with Crippen LogP contribution in [0.25, 0.3) is 0 Å². The normalized spacial score (nSPS) is 5.40. The van der Waals surface area contributed by atoms with Crippen molar-refractivity contribution in [1.82, 2.24) is 6.15 Å². The van der Waals surface area contributed by atoms with Gasteiger partial charge in [-0.25, -0.2) is 4.79 Å². The Bertz CT molecular complexity index is 64.8. The molecule has 0 fully saturated rings. The molecule has 62 valence electrons. The fraction of sp³-hybridized carbons (Fsp3) is 0.667. The molecular formula is C3H15CaN3O3. The van der Waals surface area contributed by atoms with E-state index in [-0.39, 0.29) is 46.7 Å². The minimum atomic E-state index is -1.83. The molecule has 0 aromatic carbocycles. The SMILES string of the molecule is N.NCCN.O=C(O)O.[Ca+2].[H-].[H-]. The third-order valence-electron chi connectivity index (χ3n) is 0.167. The minimum Gasteiger partial charge on any atom is -1.00 e. The molecule has 10 heavy (non-hydrogen) atoms. The Kier molecular flexibility index (Phi) is 51.0. The largest absolute Gasteiger partial charge is 2.00 e. The molecule has 0 aliphatic rings. The second kappa shape index (κ2) is 22.7. The van der Waals surface area contributed by atoms with Gasteiger partial charge in [0, 0.05) is 13.1 Å². The Hall–Kier alpha value is 0.410. The molecule has 0 rings (SSSR count). The number of hydrogen-bond donors (Lipinski definition) is 5. The van der Waals surface area contributed by atoms with Crippen LogP contribution in [0.5, 0.6) is 0 Å². The summed E-state index contributed by atoms with van der Waals surface area (Å²) in [7, 11) is 0. The molecule has 0 saturated heterocycles. The average molecular weight is 181 g/mol. The van der Waals surface area contributed by atoms with E-state index in [0.717, 1.165) is 0 Å². The van der Waals surface area contributed by atoms with Crippen LogP contribution in [0.4, 0.5) is 4.79 Å². The maximum Gasteiger partial charge on any atom is 2.00 e. The Labute approximate surface area is 92.1 Å². The fourth-order valence-corrected chi connectivity index (χ4v) is 0. The van der Waals surface area contributed by atoms with Gasteiger partial charge in [-0.15, -0.1) is 0 Å². The fourth-order valence-electron chi connectivity index (χ4n) is 0. The zero-order valence-electron chi connectivity index (χ0n) is 7.79. The summed E-state index contributed by atoms with van der Waals surface area (Å²) < 4.78 is 0. The van der Waals surface area contributed by atoms with E-state index in [1.807, 2.05) is 0 Å². The summed E-state index contributed by atoms with van der Waals surface area (Å²) >= 11 is 0. The van der Waals surface area contributed by atoms with E-state index in [9.17, 15) is 0 Å². The first-order chi connectivity index (χ1) is 3.65. The topological polar surface area (TPSA) is 145 Å². The molecule has 0 saturated carbocycles. The summed E-state index contributed by atoms with van der Waals surface area (Å²) in [5.41, 5.74) is 9.81. The third-order valence-corrected chi connectivity index (χ3v) is 0.167. The molecule has 7 heteroatoms. The van der Waals surface area contributed by atoms with Gasteiger partial charge < -0.3 is 30.7 Å². The molecule has 0 radical (unpaired) electrons. The van der Waals surface area contributed by atoms with Gasteiger partial charge in [-0.2, -0.15) is 0 Å². The smallest absolute Gasteiger partial charge is 1.00 e. The Morgan fingerprint density at radius 1 is 1.30 bits per heavy atom. The van der Waals surface area contributed by atoms with Gasteiger partial charge in [0.05, 0.1) is 0 Å². The van der Waals surface area contributed by atoms with Crippen molar-refractivity contribution in [3.05, 3.63) is 0 Å². The summed E-state index contributed by atoms with van der Waals surface area (Å²) in [6, 6.07) is 0. The zero-order chi connectivity index (χ0) is 6.99. The van der Waals surface area contributed by atoms with Crippen molar-refractivity contribution in [1.29, 1.82) is 0 Å². The van der Waals surface area contributed by atoms with E-state index in [2.05, 4.69) is 0 Å². The van der Waals surface area contributed by atoms with Gasteiger partial charge in [-0.05, 0) is 0 Å². The molecule has 0 unspecified atom stereocenters. The average Bonchev–Trinajstić information content (AvgIpc) is 1.65. The van der Waals surface area contributed by atoms with Crippen LogP contribution < -0.4 is 17.6 Å². The van der Waals surface area contributed by atoms with Gasteiger partial charge in [0.15, 0.2) is 0 Å². The molecular weight excluding hydrogens is 166 g/mol. The molecule has 6 nitrogen and oxygen atoms in total. The standard InChI is InChI=1S/C2H8N2.CH2O3.Ca.H3N.2H/c3-1-2-4;2-1(3)4;;;;/h1-4H2;(H2,2,3,4);;1H3;;/q;;+2;;2*-1. The van der Waals surface area contributed by atoms with Crippen molar-refractivity contribution in [2.24, 2.45) is 11.5 Å². The quantitative estimate of drug-likeness (QED) is 0.332. The minimum absolute atomic E-state index is 0. The molecule has 0 atom stereocenters. The number of nitrogens with two attached hydrogens (primary N) is 2. The predicted octanol–water partition coefficient (Wildman–Crippen LogP) is -0.868. The van der Waals surface area contributed by atoms with Gasteiger partial charge >= 0.3 is 43.9 Å². The number of hydrogen-bond acceptors (Lipinski definition) is 4. The molecule has 9 N–H and O–H groups in total. The van der Waals surface area contributed by atoms with Crippen molar-refractivity contribution in [3.63, 3.8) is 0 Å². The van der Waals surface area contributed by atoms with Crippen LogP contribution in [0.15, 0.2) is 0 Å². The maximum absolute atomic E-state index is 8.56. The summed E-state index contributed by atoms with van der Waals surface area (Å²) in [5.74, 6) is 0. The predicted molar refractivity (Wildman–Crippen MR) is 41.8 cm³/mol. The number of rotatable bonds is 1. The first kappa shape index (κ1) is 22.4. The van der Waals surface area contributed by atoms with Crippen LogP contribution in [-0.4, -0.2) is 67.2 Å². The van der Waals surface area contributed by atoms with Crippen molar-refractivity contribution in [2.45, 2.75) is 0 Å². The van der Waals surface area contributed by atoms with Gasteiger partial charge in [0.2, 0.25) is 0 Å². The van der Waals surface area contributed by atoms with Crippen LogP contribution in [0.3, 0.4) is 0 Å². The maximum atomic E-state index is 8.56. The molecule has 0 aromatic rings. The first-order valence-electron chi connectivity index (χ1n) is 1.97. The first-order valence-corrected chi connectivity index (χ1v) is 1.97. The summed E-state index contributed by atoms with van der Waals surface area (Å²) in [4.78, 5) is 8.56. The molecule has 0 bridgehead atoms. The molecule has 0 aliphatic carbocycles. The molecule has 0 aliphatic heterocycles. The van der Waals surface area contributed by atoms with Crippen molar-refractivity contribution in [2.75, 3.05) is 13.1 Å². The Balaban J connectivity index is -0.0000000112. The van der Waals surface area contributed by atoms with Crippen LogP contribution >= 0.6 is 0 Å². The monoisotopic (exact) mass is 181 g/mol. The van der Waals surface area contributed by atoms with Crippen molar-refractivity contribution < 1.29 is 17.9 Å². The summed E-state index contributed by atoms with van der Waals surface area (Å²) in [6.07, 6.45) is -1.83. The van der Waals surface area contributed by atoms with Gasteiger partial charge in [-0.3, -0.25) is 0 Å². The molecule has 0 aromatic heterocycles. The second-order valence-electron chi connectivity index (χ2n) is 0.860. The van der Waals surface area contributed by atoms with E-state index >= 15 is 0 Å². The second-order valence-corrected chi connectivity index (χ2v) is 0.860. The van der Waals surface area contributed by atoms with Crippen molar-refractivity contribution in [3.8, 4) is 0 Å². The van der Waals surface area contributed by atoms with E-state index in [1.165, 1.54) is 0 Å². The summed E-state index contributed by atoms with van der Waals surface area (Å²) in [5, 5.41) is 13.9. The van der Waals surface area contributed by atoms with Crippen LogP contribution in [0.2, 0.25) is 0 Å². The molecule has 0 spiro atoms. The number of carbonyl (C=O) groups is 1. The van der Waals surface area contributed by atoms with Crippen LogP contribution in [0, 0.1) is 0 Å². The van der Waals surface area contributed by atoms with Crippen LogP contribution in [0.1, 0.15) is 2.85 Å². The summed E-state index contributed by atoms with van der Waals surface area (Å²) in [6.45, 7) is 1.19. The molecule has 0 amide bonds. The van der Waals surface area contributed by atoms with E-state index in [4.69, 9.17) is 26.5 Å².